The Balaban J connectivity index is 2.19. The second-order valence-electron chi connectivity index (χ2n) is 5.07. The van der Waals surface area contributed by atoms with Gasteiger partial charge in [-0.1, -0.05) is 6.92 Å². The highest BCUT2D eigenvalue weighted by atomic mass is 32.1. The zero-order chi connectivity index (χ0) is 12.7. The zero-order valence-electron chi connectivity index (χ0n) is 10.7. The number of thiophene rings is 1. The maximum atomic E-state index is 12.2. The first-order chi connectivity index (χ1) is 8.69. The number of nitrogens with zero attached hydrogens (tertiary/aromatic N) is 1. The number of nitrogens with one attached hydrogen (secondary N) is 2. The highest BCUT2D eigenvalue weighted by molar-refractivity contribution is 7.18. The molecule has 2 aromatic rings. The molecule has 0 aliphatic heterocycles. The molecule has 0 aromatic carbocycles. The third-order valence-corrected chi connectivity index (χ3v) is 4.71. The number of hydrogen-bond donors (Lipinski definition) is 2. The van der Waals surface area contributed by atoms with Crippen LogP contribution in [-0.4, -0.2) is 17.0 Å². The minimum atomic E-state index is 0.0253. The topological polar surface area (TPSA) is 57.8 Å². The van der Waals surface area contributed by atoms with Crippen LogP contribution in [0.25, 0.3) is 10.2 Å². The maximum absolute atomic E-state index is 12.2. The van der Waals surface area contributed by atoms with E-state index < -0.39 is 0 Å². The van der Waals surface area contributed by atoms with Crippen LogP contribution >= 0.6 is 11.3 Å². The monoisotopic (exact) mass is 263 g/mol. The Labute approximate surface area is 109 Å². The van der Waals surface area contributed by atoms with Gasteiger partial charge in [0, 0.05) is 4.88 Å². The molecule has 96 valence electrons. The van der Waals surface area contributed by atoms with Gasteiger partial charge in [0.1, 0.15) is 10.7 Å². The Morgan fingerprint density at radius 2 is 2.39 bits per heavy atom. The van der Waals surface area contributed by atoms with Gasteiger partial charge in [0.15, 0.2) is 0 Å². The van der Waals surface area contributed by atoms with E-state index in [0.29, 0.717) is 6.54 Å². The molecule has 18 heavy (non-hydrogen) atoms. The van der Waals surface area contributed by atoms with Crippen molar-refractivity contribution in [2.75, 3.05) is 7.05 Å². The fourth-order valence-corrected chi connectivity index (χ4v) is 4.05. The van der Waals surface area contributed by atoms with Crippen molar-refractivity contribution in [1.29, 1.82) is 0 Å². The molecule has 3 rings (SSSR count). The van der Waals surface area contributed by atoms with E-state index in [1.807, 2.05) is 7.05 Å². The minimum Gasteiger partial charge on any atom is -0.313 e. The molecule has 0 radical (unpaired) electrons. The van der Waals surface area contributed by atoms with Gasteiger partial charge in [-0.3, -0.25) is 4.79 Å². The Kier molecular flexibility index (Phi) is 2.95. The summed E-state index contributed by atoms with van der Waals surface area (Å²) in [7, 11) is 1.85. The van der Waals surface area contributed by atoms with Crippen molar-refractivity contribution in [1.82, 2.24) is 15.3 Å². The lowest BCUT2D eigenvalue weighted by molar-refractivity contribution is 0.509. The Bertz CT molecular complexity index is 643. The van der Waals surface area contributed by atoms with E-state index in [0.717, 1.165) is 34.8 Å². The standard InChI is InChI=1S/C13H17N3OS/c1-7-3-4-8-9(5-7)18-13-11(8)12(17)15-10(16-13)6-14-2/h7,14H,3-6H2,1-2H3,(H,15,16,17). The van der Waals surface area contributed by atoms with Gasteiger partial charge < -0.3 is 10.3 Å². The molecule has 2 heterocycles. The van der Waals surface area contributed by atoms with Crippen molar-refractivity contribution in [2.24, 2.45) is 5.92 Å². The third kappa shape index (κ3) is 1.87. The normalized spacial score (nSPS) is 19.1. The van der Waals surface area contributed by atoms with Crippen LogP contribution in [0, 0.1) is 5.92 Å². The average Bonchev–Trinajstić information content (AvgIpc) is 2.66. The molecule has 1 aliphatic rings. The van der Waals surface area contributed by atoms with Crippen LogP contribution < -0.4 is 10.9 Å². The van der Waals surface area contributed by atoms with E-state index in [-0.39, 0.29) is 5.56 Å². The first-order valence-electron chi connectivity index (χ1n) is 6.37. The summed E-state index contributed by atoms with van der Waals surface area (Å²) in [5.74, 6) is 1.45. The fraction of sp³-hybridized carbons (Fsp3) is 0.538. The van der Waals surface area contributed by atoms with Crippen LogP contribution in [0.15, 0.2) is 4.79 Å². The van der Waals surface area contributed by atoms with Crippen molar-refractivity contribution in [3.05, 3.63) is 26.6 Å². The summed E-state index contributed by atoms with van der Waals surface area (Å²) in [6.07, 6.45) is 3.29. The summed E-state index contributed by atoms with van der Waals surface area (Å²) in [6.45, 7) is 2.88. The summed E-state index contributed by atoms with van der Waals surface area (Å²) in [4.78, 5) is 21.9. The number of rotatable bonds is 2. The van der Waals surface area contributed by atoms with Gasteiger partial charge in [-0.2, -0.15) is 0 Å². The van der Waals surface area contributed by atoms with Crippen molar-refractivity contribution in [3.8, 4) is 0 Å². The lowest BCUT2D eigenvalue weighted by atomic mass is 9.89. The van der Waals surface area contributed by atoms with Crippen molar-refractivity contribution in [3.63, 3.8) is 0 Å². The van der Waals surface area contributed by atoms with Crippen LogP contribution in [0.1, 0.15) is 29.6 Å². The molecule has 4 nitrogen and oxygen atoms in total. The summed E-state index contributed by atoms with van der Waals surface area (Å²) in [6, 6.07) is 0. The molecule has 0 spiro atoms. The van der Waals surface area contributed by atoms with Gasteiger partial charge in [0.05, 0.1) is 11.9 Å². The molecule has 5 heteroatoms. The van der Waals surface area contributed by atoms with E-state index in [9.17, 15) is 4.79 Å². The molecule has 1 atom stereocenters. The third-order valence-electron chi connectivity index (χ3n) is 3.56. The summed E-state index contributed by atoms with van der Waals surface area (Å²) in [5.41, 5.74) is 1.27. The van der Waals surface area contributed by atoms with Crippen LogP contribution in [0.4, 0.5) is 0 Å². The SMILES string of the molecule is CNCc1nc2sc3c(c2c(=O)[nH]1)CCC(C)C3. The minimum absolute atomic E-state index is 0.0253. The molecule has 0 fully saturated rings. The number of aryl methyl sites for hydroxylation is 1. The van der Waals surface area contributed by atoms with Gasteiger partial charge in [0.25, 0.3) is 5.56 Å². The average molecular weight is 263 g/mol. The predicted molar refractivity (Wildman–Crippen MR) is 74.2 cm³/mol. The largest absolute Gasteiger partial charge is 0.313 e. The summed E-state index contributed by atoms with van der Waals surface area (Å²) in [5, 5.41) is 3.85. The van der Waals surface area contributed by atoms with Gasteiger partial charge in [-0.05, 0) is 37.8 Å². The fourth-order valence-electron chi connectivity index (χ4n) is 2.64. The zero-order valence-corrected chi connectivity index (χ0v) is 11.5. The molecule has 1 aliphatic carbocycles. The van der Waals surface area contributed by atoms with E-state index in [1.165, 1.54) is 16.9 Å². The predicted octanol–water partition coefficient (Wildman–Crippen LogP) is 1.83. The van der Waals surface area contributed by atoms with Crippen LogP contribution in [0.2, 0.25) is 0 Å². The molecule has 0 amide bonds. The quantitative estimate of drug-likeness (QED) is 0.869. The smallest absolute Gasteiger partial charge is 0.259 e. The van der Waals surface area contributed by atoms with Crippen LogP contribution in [-0.2, 0) is 19.4 Å². The van der Waals surface area contributed by atoms with E-state index >= 15 is 0 Å². The van der Waals surface area contributed by atoms with Crippen molar-refractivity contribution >= 4 is 21.6 Å². The van der Waals surface area contributed by atoms with Crippen LogP contribution in [0.3, 0.4) is 0 Å². The molecular weight excluding hydrogens is 246 g/mol. The number of hydrogen-bond acceptors (Lipinski definition) is 4. The lowest BCUT2D eigenvalue weighted by Crippen LogP contribution is -2.17. The Morgan fingerprint density at radius 3 is 3.17 bits per heavy atom. The number of aromatic amines is 1. The molecule has 0 bridgehead atoms. The van der Waals surface area contributed by atoms with Gasteiger partial charge in [-0.15, -0.1) is 11.3 Å². The molecule has 0 saturated carbocycles. The summed E-state index contributed by atoms with van der Waals surface area (Å²) >= 11 is 1.70. The van der Waals surface area contributed by atoms with Gasteiger partial charge in [-0.25, -0.2) is 4.98 Å². The number of H-pyrrole nitrogens is 1. The number of aromatic nitrogens is 2. The second kappa shape index (κ2) is 4.48. The molecule has 0 saturated heterocycles. The first kappa shape index (κ1) is 11.9. The molecule has 1 unspecified atom stereocenters. The highest BCUT2D eigenvalue weighted by Gasteiger charge is 2.22. The molecule has 2 aromatic heterocycles. The number of fused-ring (bicyclic) bond motifs is 3. The van der Waals surface area contributed by atoms with Gasteiger partial charge >= 0.3 is 0 Å². The molecule has 2 N–H and O–H groups in total. The van der Waals surface area contributed by atoms with Crippen molar-refractivity contribution in [2.45, 2.75) is 32.7 Å². The van der Waals surface area contributed by atoms with Gasteiger partial charge in [0.2, 0.25) is 0 Å². The van der Waals surface area contributed by atoms with E-state index in [1.54, 1.807) is 11.3 Å². The highest BCUT2D eigenvalue weighted by Crippen LogP contribution is 2.35. The van der Waals surface area contributed by atoms with Crippen LogP contribution in [0.5, 0.6) is 0 Å². The summed E-state index contributed by atoms with van der Waals surface area (Å²) < 4.78 is 0. The van der Waals surface area contributed by atoms with E-state index in [4.69, 9.17) is 0 Å². The first-order valence-corrected chi connectivity index (χ1v) is 7.18. The van der Waals surface area contributed by atoms with E-state index in [2.05, 4.69) is 22.2 Å². The Morgan fingerprint density at radius 1 is 1.56 bits per heavy atom. The molecular formula is C13H17N3OS. The second-order valence-corrected chi connectivity index (χ2v) is 6.16. The lowest BCUT2D eigenvalue weighted by Gasteiger charge is -2.17. The maximum Gasteiger partial charge on any atom is 0.259 e. The Hall–Kier alpha value is -1.20. The van der Waals surface area contributed by atoms with Crippen molar-refractivity contribution < 1.29 is 0 Å².